The molecular weight excluding hydrogens is 296 g/mol. The van der Waals surface area contributed by atoms with E-state index >= 15 is 0 Å². The largest absolute Gasteiger partial charge is 0.344 e. The van der Waals surface area contributed by atoms with Crippen molar-refractivity contribution in [2.45, 2.75) is 32.0 Å². The Morgan fingerprint density at radius 3 is 2.50 bits per heavy atom. The lowest BCUT2D eigenvalue weighted by atomic mass is 9.99. The second kappa shape index (κ2) is 5.05. The van der Waals surface area contributed by atoms with Crippen molar-refractivity contribution in [3.63, 3.8) is 0 Å². The molecule has 0 unspecified atom stereocenters. The molecule has 3 nitrogen and oxygen atoms in total. The highest BCUT2D eigenvalue weighted by Crippen LogP contribution is 2.37. The first-order valence-electron chi connectivity index (χ1n) is 8.65. The first-order valence-corrected chi connectivity index (χ1v) is 8.65. The summed E-state index contributed by atoms with van der Waals surface area (Å²) >= 11 is 0. The summed E-state index contributed by atoms with van der Waals surface area (Å²) in [5.74, 6) is 0. The smallest absolute Gasteiger partial charge is 0.189 e. The molecule has 2 heterocycles. The number of rotatable bonds is 2. The van der Waals surface area contributed by atoms with Gasteiger partial charge >= 0.3 is 0 Å². The van der Waals surface area contributed by atoms with Crippen molar-refractivity contribution in [3.8, 4) is 11.1 Å². The number of benzene rings is 2. The van der Waals surface area contributed by atoms with E-state index in [0.29, 0.717) is 6.04 Å². The van der Waals surface area contributed by atoms with Crippen LogP contribution in [-0.4, -0.2) is 16.5 Å². The number of hydrogen-bond donors (Lipinski definition) is 0. The normalized spacial score (nSPS) is 17.4. The summed E-state index contributed by atoms with van der Waals surface area (Å²) in [5.41, 5.74) is 6.47. The van der Waals surface area contributed by atoms with E-state index in [1.54, 1.807) is 6.07 Å². The molecule has 5 rings (SSSR count). The molecule has 3 heteroatoms. The van der Waals surface area contributed by atoms with Crippen molar-refractivity contribution in [2.24, 2.45) is 0 Å². The quantitative estimate of drug-likeness (QED) is 0.715. The van der Waals surface area contributed by atoms with Crippen molar-refractivity contribution in [3.05, 3.63) is 70.0 Å². The molecule has 2 aromatic carbocycles. The zero-order valence-electron chi connectivity index (χ0n) is 13.8. The van der Waals surface area contributed by atoms with Crippen molar-refractivity contribution >= 4 is 10.9 Å². The van der Waals surface area contributed by atoms with Crippen LogP contribution in [0.4, 0.5) is 0 Å². The van der Waals surface area contributed by atoms with Crippen LogP contribution in [0.15, 0.2) is 53.5 Å². The summed E-state index contributed by atoms with van der Waals surface area (Å²) in [6, 6.07) is 15.3. The first kappa shape index (κ1) is 14.0. The van der Waals surface area contributed by atoms with E-state index in [4.69, 9.17) is 0 Å². The van der Waals surface area contributed by atoms with Gasteiger partial charge in [-0.05, 0) is 60.3 Å². The number of hydrogen-bond acceptors (Lipinski definition) is 2. The highest BCUT2D eigenvalue weighted by atomic mass is 16.1. The second-order valence-electron chi connectivity index (χ2n) is 7.21. The average molecular weight is 316 g/mol. The Bertz CT molecular complexity index is 1010. The predicted octanol–water partition coefficient (Wildman–Crippen LogP) is 3.95. The topological polar surface area (TPSA) is 25.2 Å². The molecule has 0 atom stereocenters. The van der Waals surface area contributed by atoms with E-state index in [2.05, 4.69) is 46.8 Å². The number of pyridine rings is 1. The summed E-state index contributed by atoms with van der Waals surface area (Å²) in [7, 11) is 2.16. The summed E-state index contributed by atoms with van der Waals surface area (Å²) in [4.78, 5) is 14.5. The van der Waals surface area contributed by atoms with Gasteiger partial charge in [-0.15, -0.1) is 0 Å². The highest BCUT2D eigenvalue weighted by molar-refractivity contribution is 5.85. The summed E-state index contributed by atoms with van der Waals surface area (Å²) in [6.45, 7) is 2.05. The van der Waals surface area contributed by atoms with Gasteiger partial charge in [-0.3, -0.25) is 9.69 Å². The molecule has 24 heavy (non-hydrogen) atoms. The van der Waals surface area contributed by atoms with Crippen LogP contribution < -0.4 is 5.43 Å². The summed E-state index contributed by atoms with van der Waals surface area (Å²) < 4.78 is 2.28. The fourth-order valence-electron chi connectivity index (χ4n) is 3.87. The highest BCUT2D eigenvalue weighted by Gasteiger charge is 2.24. The van der Waals surface area contributed by atoms with Crippen LogP contribution in [-0.2, 0) is 13.1 Å². The molecule has 0 radical (unpaired) electrons. The Balaban J connectivity index is 1.67. The summed E-state index contributed by atoms with van der Waals surface area (Å²) in [5, 5.41) is 0.828. The number of fused-ring (bicyclic) bond motifs is 2. The van der Waals surface area contributed by atoms with Crippen LogP contribution in [0.1, 0.15) is 30.0 Å². The van der Waals surface area contributed by atoms with Gasteiger partial charge < -0.3 is 4.57 Å². The van der Waals surface area contributed by atoms with Gasteiger partial charge in [0.1, 0.15) is 0 Å². The van der Waals surface area contributed by atoms with Crippen molar-refractivity contribution < 1.29 is 0 Å². The lowest BCUT2D eigenvalue weighted by molar-refractivity contribution is 0.353. The lowest BCUT2D eigenvalue weighted by Gasteiger charge is -2.12. The van der Waals surface area contributed by atoms with Crippen LogP contribution in [0.3, 0.4) is 0 Å². The zero-order valence-corrected chi connectivity index (χ0v) is 13.8. The maximum absolute atomic E-state index is 12.2. The van der Waals surface area contributed by atoms with Gasteiger partial charge in [0, 0.05) is 36.8 Å². The number of nitrogens with zero attached hydrogens (tertiary/aromatic N) is 2. The fraction of sp³-hybridized carbons (Fsp3) is 0.286. The van der Waals surface area contributed by atoms with Gasteiger partial charge in [0.2, 0.25) is 0 Å². The molecule has 1 fully saturated rings. The maximum atomic E-state index is 12.2. The minimum absolute atomic E-state index is 0.115. The Morgan fingerprint density at radius 2 is 1.67 bits per heavy atom. The maximum Gasteiger partial charge on any atom is 0.189 e. The molecule has 0 spiro atoms. The van der Waals surface area contributed by atoms with Crippen molar-refractivity contribution in [2.75, 3.05) is 7.05 Å². The van der Waals surface area contributed by atoms with E-state index < -0.39 is 0 Å². The molecule has 0 N–H and O–H groups in total. The van der Waals surface area contributed by atoms with Crippen molar-refractivity contribution in [1.82, 2.24) is 9.47 Å². The van der Waals surface area contributed by atoms with Gasteiger partial charge in [-0.2, -0.15) is 0 Å². The molecule has 0 amide bonds. The fourth-order valence-corrected chi connectivity index (χ4v) is 3.87. The van der Waals surface area contributed by atoms with Crippen LogP contribution >= 0.6 is 0 Å². The molecule has 0 bridgehead atoms. The van der Waals surface area contributed by atoms with Gasteiger partial charge in [0.15, 0.2) is 5.43 Å². The van der Waals surface area contributed by atoms with Crippen LogP contribution in [0.5, 0.6) is 0 Å². The number of aromatic nitrogens is 1. The molecule has 120 valence electrons. The minimum atomic E-state index is 0.115. The molecular formula is C21H20N2O. The SMILES string of the molecule is CN1Cc2ccc(-c3ccc4c(=O)ccn(C5CC5)c4c3)cc2C1. The van der Waals surface area contributed by atoms with Gasteiger partial charge in [-0.25, -0.2) is 0 Å². The average Bonchev–Trinajstić information content (AvgIpc) is 3.35. The third-order valence-electron chi connectivity index (χ3n) is 5.29. The zero-order chi connectivity index (χ0) is 16.3. The second-order valence-corrected chi connectivity index (χ2v) is 7.21. The molecule has 1 aliphatic carbocycles. The molecule has 1 aliphatic heterocycles. The Morgan fingerprint density at radius 1 is 0.917 bits per heavy atom. The van der Waals surface area contributed by atoms with Gasteiger partial charge in [0.05, 0.1) is 5.52 Å². The molecule has 1 aromatic heterocycles. The Kier molecular flexibility index (Phi) is 2.95. The van der Waals surface area contributed by atoms with Crippen LogP contribution in [0.25, 0.3) is 22.0 Å². The van der Waals surface area contributed by atoms with E-state index in [0.717, 1.165) is 24.0 Å². The van der Waals surface area contributed by atoms with Crippen LogP contribution in [0, 0.1) is 0 Å². The van der Waals surface area contributed by atoms with Gasteiger partial charge in [-0.1, -0.05) is 18.2 Å². The Hall–Kier alpha value is -2.39. The lowest BCUT2D eigenvalue weighted by Crippen LogP contribution is -2.07. The molecule has 1 saturated carbocycles. The van der Waals surface area contributed by atoms with Crippen molar-refractivity contribution in [1.29, 1.82) is 0 Å². The summed E-state index contributed by atoms with van der Waals surface area (Å²) in [6.07, 6.45) is 4.39. The van der Waals surface area contributed by atoms with E-state index in [1.165, 1.54) is 35.1 Å². The van der Waals surface area contributed by atoms with E-state index in [1.807, 2.05) is 12.3 Å². The molecule has 3 aromatic rings. The standard InChI is InChI=1S/C21H20N2O/c1-22-12-16-3-2-14(10-17(16)13-22)15-4-7-19-20(11-15)23(18-5-6-18)9-8-21(19)24/h2-4,7-11,18H,5-6,12-13H2,1H3. The van der Waals surface area contributed by atoms with Gasteiger partial charge in [0.25, 0.3) is 0 Å². The third-order valence-corrected chi connectivity index (χ3v) is 5.29. The predicted molar refractivity (Wildman–Crippen MR) is 97.1 cm³/mol. The minimum Gasteiger partial charge on any atom is -0.344 e. The van der Waals surface area contributed by atoms with Crippen LogP contribution in [0.2, 0.25) is 0 Å². The molecule has 2 aliphatic rings. The van der Waals surface area contributed by atoms with E-state index in [9.17, 15) is 4.79 Å². The third kappa shape index (κ3) is 2.20. The molecule has 0 saturated heterocycles. The Labute approximate surface area is 141 Å². The van der Waals surface area contributed by atoms with E-state index in [-0.39, 0.29) is 5.43 Å². The monoisotopic (exact) mass is 316 g/mol. The first-order chi connectivity index (χ1) is 11.7.